The number of hydrogen-bond acceptors (Lipinski definition) is 3. The van der Waals surface area contributed by atoms with E-state index in [4.69, 9.17) is 4.42 Å². The Labute approximate surface area is 107 Å². The summed E-state index contributed by atoms with van der Waals surface area (Å²) in [7, 11) is 1.99. The summed E-state index contributed by atoms with van der Waals surface area (Å²) in [5, 5.41) is 4.51. The van der Waals surface area contributed by atoms with Crippen LogP contribution in [-0.4, -0.2) is 18.6 Å². The molecule has 1 atom stereocenters. The molecule has 2 rings (SSSR count). The highest BCUT2D eigenvalue weighted by Crippen LogP contribution is 2.26. The molecule has 1 unspecified atom stereocenters. The second kappa shape index (κ2) is 5.61. The maximum Gasteiger partial charge on any atom is 0.134 e. The lowest BCUT2D eigenvalue weighted by molar-refractivity contribution is 0.479. The van der Waals surface area contributed by atoms with Gasteiger partial charge in [0, 0.05) is 11.1 Å². The van der Waals surface area contributed by atoms with Crippen LogP contribution in [-0.2, 0) is 0 Å². The second-order valence-corrected chi connectivity index (χ2v) is 5.51. The summed E-state index contributed by atoms with van der Waals surface area (Å²) in [5.74, 6) is 3.22. The predicted molar refractivity (Wildman–Crippen MR) is 75.8 cm³/mol. The number of aryl methyl sites for hydroxylation is 1. The highest BCUT2D eigenvalue weighted by Gasteiger charge is 2.14. The number of nitrogens with one attached hydrogen (secondary N) is 1. The third kappa shape index (κ3) is 2.85. The number of rotatable bonds is 5. The molecule has 1 aromatic heterocycles. The van der Waals surface area contributed by atoms with Crippen LogP contribution in [0.2, 0.25) is 0 Å². The van der Waals surface area contributed by atoms with Crippen molar-refractivity contribution in [2.75, 3.05) is 18.6 Å². The van der Waals surface area contributed by atoms with E-state index >= 15 is 0 Å². The normalized spacial score (nSPS) is 13.1. The molecule has 0 aliphatic rings. The lowest BCUT2D eigenvalue weighted by Gasteiger charge is -2.11. The first-order valence-corrected chi connectivity index (χ1v) is 7.15. The molecule has 0 saturated carbocycles. The molecule has 3 heteroatoms. The van der Waals surface area contributed by atoms with Gasteiger partial charge in [0.2, 0.25) is 0 Å². The molecular weight excluding hydrogens is 230 g/mol. The molecule has 0 aliphatic carbocycles. The topological polar surface area (TPSA) is 25.2 Å². The van der Waals surface area contributed by atoms with Crippen LogP contribution in [0.15, 0.2) is 28.7 Å². The molecule has 0 aliphatic heterocycles. The monoisotopic (exact) mass is 249 g/mol. The van der Waals surface area contributed by atoms with Crippen LogP contribution in [0, 0.1) is 6.92 Å². The zero-order valence-electron chi connectivity index (χ0n) is 10.6. The van der Waals surface area contributed by atoms with Gasteiger partial charge in [0.05, 0.1) is 6.04 Å². The van der Waals surface area contributed by atoms with E-state index in [2.05, 4.69) is 37.4 Å². The van der Waals surface area contributed by atoms with Crippen LogP contribution in [0.5, 0.6) is 0 Å². The highest BCUT2D eigenvalue weighted by atomic mass is 32.2. The van der Waals surface area contributed by atoms with Crippen molar-refractivity contribution in [2.45, 2.75) is 19.9 Å². The van der Waals surface area contributed by atoms with Gasteiger partial charge in [0.25, 0.3) is 0 Å². The van der Waals surface area contributed by atoms with E-state index in [1.807, 2.05) is 24.9 Å². The summed E-state index contributed by atoms with van der Waals surface area (Å²) in [6, 6.07) is 8.76. The lowest BCUT2D eigenvalue weighted by Crippen LogP contribution is -2.18. The zero-order valence-corrected chi connectivity index (χ0v) is 11.4. The van der Waals surface area contributed by atoms with Crippen molar-refractivity contribution in [1.82, 2.24) is 5.32 Å². The average Bonchev–Trinajstić information content (AvgIpc) is 2.72. The predicted octanol–water partition coefficient (Wildman–Crippen LogP) is 3.75. The summed E-state index contributed by atoms with van der Waals surface area (Å²) >= 11 is 1.93. The fourth-order valence-electron chi connectivity index (χ4n) is 1.90. The van der Waals surface area contributed by atoms with Crippen molar-refractivity contribution in [3.05, 3.63) is 35.6 Å². The van der Waals surface area contributed by atoms with E-state index in [0.29, 0.717) is 6.04 Å². The number of thioether (sulfide) groups is 1. The van der Waals surface area contributed by atoms with E-state index in [-0.39, 0.29) is 0 Å². The standard InChI is InChI=1S/C14H19NOS/c1-4-17-9-12(15-3)14-8-11-7-10(2)5-6-13(11)16-14/h5-8,12,15H,4,9H2,1-3H3. The third-order valence-electron chi connectivity index (χ3n) is 2.87. The minimum atomic E-state index is 0.299. The van der Waals surface area contributed by atoms with Crippen LogP contribution < -0.4 is 5.32 Å². The fourth-order valence-corrected chi connectivity index (χ4v) is 2.70. The largest absolute Gasteiger partial charge is 0.459 e. The Hall–Kier alpha value is -0.930. The Morgan fingerprint density at radius 1 is 1.35 bits per heavy atom. The molecule has 0 radical (unpaired) electrons. The molecule has 0 spiro atoms. The first-order valence-electron chi connectivity index (χ1n) is 5.99. The van der Waals surface area contributed by atoms with Gasteiger partial charge in [-0.15, -0.1) is 0 Å². The van der Waals surface area contributed by atoms with Crippen LogP contribution in [0.3, 0.4) is 0 Å². The minimum absolute atomic E-state index is 0.299. The van der Waals surface area contributed by atoms with Gasteiger partial charge in [-0.1, -0.05) is 18.6 Å². The maximum atomic E-state index is 5.90. The number of benzene rings is 1. The molecular formula is C14H19NOS. The van der Waals surface area contributed by atoms with Crippen molar-refractivity contribution < 1.29 is 4.42 Å². The van der Waals surface area contributed by atoms with Crippen LogP contribution in [0.4, 0.5) is 0 Å². The quantitative estimate of drug-likeness (QED) is 0.873. The summed E-state index contributed by atoms with van der Waals surface area (Å²) < 4.78 is 5.90. The maximum absolute atomic E-state index is 5.90. The number of furan rings is 1. The van der Waals surface area contributed by atoms with E-state index in [0.717, 1.165) is 22.8 Å². The Balaban J connectivity index is 2.27. The minimum Gasteiger partial charge on any atom is -0.459 e. The van der Waals surface area contributed by atoms with Crippen molar-refractivity contribution >= 4 is 22.7 Å². The van der Waals surface area contributed by atoms with Crippen molar-refractivity contribution in [2.24, 2.45) is 0 Å². The van der Waals surface area contributed by atoms with E-state index in [1.54, 1.807) is 0 Å². The van der Waals surface area contributed by atoms with Gasteiger partial charge in [0.1, 0.15) is 11.3 Å². The molecule has 1 N–H and O–H groups in total. The Morgan fingerprint density at radius 3 is 2.88 bits per heavy atom. The van der Waals surface area contributed by atoms with Gasteiger partial charge in [-0.05, 0) is 37.9 Å². The van der Waals surface area contributed by atoms with Crippen molar-refractivity contribution in [3.8, 4) is 0 Å². The fraction of sp³-hybridized carbons (Fsp3) is 0.429. The molecule has 92 valence electrons. The third-order valence-corrected chi connectivity index (χ3v) is 3.85. The lowest BCUT2D eigenvalue weighted by atomic mass is 10.1. The Morgan fingerprint density at radius 2 is 2.18 bits per heavy atom. The first kappa shape index (κ1) is 12.5. The summed E-state index contributed by atoms with van der Waals surface area (Å²) in [6.45, 7) is 4.29. The van der Waals surface area contributed by atoms with Gasteiger partial charge in [-0.3, -0.25) is 0 Å². The SMILES string of the molecule is CCSCC(NC)c1cc2cc(C)ccc2o1. The first-order chi connectivity index (χ1) is 8.24. The Kier molecular flexibility index (Phi) is 4.13. The van der Waals surface area contributed by atoms with Gasteiger partial charge in [-0.25, -0.2) is 0 Å². The molecule has 0 amide bonds. The molecule has 0 bridgehead atoms. The van der Waals surface area contributed by atoms with Crippen molar-refractivity contribution in [3.63, 3.8) is 0 Å². The van der Waals surface area contributed by atoms with E-state index in [1.165, 1.54) is 10.9 Å². The van der Waals surface area contributed by atoms with Gasteiger partial charge in [0.15, 0.2) is 0 Å². The summed E-state index contributed by atoms with van der Waals surface area (Å²) in [4.78, 5) is 0. The molecule has 2 nitrogen and oxygen atoms in total. The summed E-state index contributed by atoms with van der Waals surface area (Å²) in [5.41, 5.74) is 2.25. The number of hydrogen-bond donors (Lipinski definition) is 1. The van der Waals surface area contributed by atoms with Gasteiger partial charge in [-0.2, -0.15) is 11.8 Å². The highest BCUT2D eigenvalue weighted by molar-refractivity contribution is 7.99. The molecule has 1 aromatic carbocycles. The molecule has 0 saturated heterocycles. The van der Waals surface area contributed by atoms with Crippen LogP contribution in [0.25, 0.3) is 11.0 Å². The van der Waals surface area contributed by atoms with Crippen LogP contribution >= 0.6 is 11.8 Å². The van der Waals surface area contributed by atoms with E-state index < -0.39 is 0 Å². The summed E-state index contributed by atoms with van der Waals surface area (Å²) in [6.07, 6.45) is 0. The van der Waals surface area contributed by atoms with E-state index in [9.17, 15) is 0 Å². The molecule has 2 aromatic rings. The zero-order chi connectivity index (χ0) is 12.3. The molecule has 1 heterocycles. The molecule has 17 heavy (non-hydrogen) atoms. The molecule has 0 fully saturated rings. The van der Waals surface area contributed by atoms with Gasteiger partial charge < -0.3 is 9.73 Å². The van der Waals surface area contributed by atoms with Crippen LogP contribution in [0.1, 0.15) is 24.3 Å². The average molecular weight is 249 g/mol. The van der Waals surface area contributed by atoms with Crippen molar-refractivity contribution in [1.29, 1.82) is 0 Å². The Bertz CT molecular complexity index is 492. The smallest absolute Gasteiger partial charge is 0.134 e. The van der Waals surface area contributed by atoms with Gasteiger partial charge >= 0.3 is 0 Å². The second-order valence-electron chi connectivity index (χ2n) is 4.19. The number of fused-ring (bicyclic) bond motifs is 1.